The summed E-state index contributed by atoms with van der Waals surface area (Å²) in [5.74, 6) is -1.26. The predicted octanol–water partition coefficient (Wildman–Crippen LogP) is 4.75. The van der Waals surface area contributed by atoms with Crippen LogP contribution in [-0.4, -0.2) is 17.7 Å². The number of amides is 2. The van der Waals surface area contributed by atoms with E-state index in [1.165, 1.54) is 18.2 Å². The Hall–Kier alpha value is -1.17. The first-order chi connectivity index (χ1) is 10.5. The molecular formula is C15H13Cl5N2O2. The van der Waals surface area contributed by atoms with Crippen LogP contribution in [0.4, 0.5) is 5.69 Å². The Morgan fingerprint density at radius 2 is 1.50 bits per heavy atom. The molecule has 24 heavy (non-hydrogen) atoms. The van der Waals surface area contributed by atoms with Crippen LogP contribution in [-0.2, 0) is 4.79 Å². The summed E-state index contributed by atoms with van der Waals surface area (Å²) < 4.78 is 0. The second-order valence-electron chi connectivity index (χ2n) is 4.30. The molecule has 0 saturated carbocycles. The minimum atomic E-state index is -0.522. The van der Waals surface area contributed by atoms with Crippen molar-refractivity contribution >= 4 is 77.1 Å². The van der Waals surface area contributed by atoms with Crippen molar-refractivity contribution < 1.29 is 9.59 Å². The smallest absolute Gasteiger partial charge is 0.270 e. The maximum atomic E-state index is 12.3. The van der Waals surface area contributed by atoms with Gasteiger partial charge in [-0.25, -0.2) is 5.01 Å². The summed E-state index contributed by atoms with van der Waals surface area (Å²) in [6, 6.07) is 13.1. The van der Waals surface area contributed by atoms with Crippen LogP contribution < -0.4 is 10.4 Å². The summed E-state index contributed by atoms with van der Waals surface area (Å²) in [7, 11) is 0. The number of halogens is 5. The first-order valence-electron chi connectivity index (χ1n) is 6.22. The normalized spacial score (nSPS) is 9.29. The highest BCUT2D eigenvalue weighted by molar-refractivity contribution is 6.35. The summed E-state index contributed by atoms with van der Waals surface area (Å²) in [5.41, 5.74) is 3.23. The van der Waals surface area contributed by atoms with Gasteiger partial charge in [-0.05, 0) is 30.3 Å². The third-order valence-corrected chi connectivity index (χ3v) is 3.38. The summed E-state index contributed by atoms with van der Waals surface area (Å²) in [4.78, 5) is 24.2. The van der Waals surface area contributed by atoms with E-state index in [0.717, 1.165) is 5.01 Å². The number of hydrazine groups is 1. The molecule has 0 aromatic heterocycles. The lowest BCUT2D eigenvalue weighted by Gasteiger charge is -2.22. The van der Waals surface area contributed by atoms with Crippen LogP contribution in [0.2, 0.25) is 10.0 Å². The zero-order chi connectivity index (χ0) is 16.1. The third kappa shape index (κ3) is 6.04. The van der Waals surface area contributed by atoms with Crippen molar-refractivity contribution in [1.29, 1.82) is 0 Å². The van der Waals surface area contributed by atoms with Crippen molar-refractivity contribution in [2.75, 3.05) is 10.9 Å². The average Bonchev–Trinajstić information content (AvgIpc) is 2.51. The Morgan fingerprint density at radius 1 is 0.958 bits per heavy atom. The van der Waals surface area contributed by atoms with Crippen LogP contribution in [0.15, 0.2) is 48.5 Å². The molecule has 0 heterocycles. The Morgan fingerprint density at radius 3 is 2.00 bits per heavy atom. The molecule has 0 aliphatic carbocycles. The Balaban J connectivity index is 0.00000264. The number of para-hydroxylation sites is 1. The van der Waals surface area contributed by atoms with E-state index in [1.54, 1.807) is 30.3 Å². The van der Waals surface area contributed by atoms with Gasteiger partial charge in [0.25, 0.3) is 11.8 Å². The van der Waals surface area contributed by atoms with E-state index in [9.17, 15) is 9.59 Å². The van der Waals surface area contributed by atoms with E-state index in [0.29, 0.717) is 15.7 Å². The molecule has 2 rings (SSSR count). The third-order valence-electron chi connectivity index (χ3n) is 2.72. The molecule has 0 fully saturated rings. The zero-order valence-electron chi connectivity index (χ0n) is 12.0. The second kappa shape index (κ2) is 10.6. The minimum absolute atomic E-state index is 0. The largest absolute Gasteiger partial charge is 0.271 e. The highest BCUT2D eigenvalue weighted by Gasteiger charge is 2.18. The van der Waals surface area contributed by atoms with Crippen LogP contribution in [0.25, 0.3) is 0 Å². The molecule has 1 N–H and O–H groups in total. The molecule has 0 saturated heterocycles. The van der Waals surface area contributed by atoms with Gasteiger partial charge in [0.05, 0.1) is 5.69 Å². The molecule has 0 bridgehead atoms. The molecule has 0 unspecified atom stereocenters. The Labute approximate surface area is 166 Å². The molecular weight excluding hydrogens is 417 g/mol. The van der Waals surface area contributed by atoms with Gasteiger partial charge >= 0.3 is 0 Å². The topological polar surface area (TPSA) is 49.4 Å². The number of benzene rings is 2. The number of nitrogens with one attached hydrogen (secondary N) is 1. The number of hydrogen-bond acceptors (Lipinski definition) is 2. The number of rotatable bonds is 3. The number of nitrogens with zero attached hydrogens (tertiary/aromatic N) is 1. The maximum absolute atomic E-state index is 12.3. The number of anilines is 1. The van der Waals surface area contributed by atoms with E-state index < -0.39 is 11.8 Å². The first-order valence-corrected chi connectivity index (χ1v) is 7.51. The lowest BCUT2D eigenvalue weighted by atomic mass is 10.2. The predicted molar refractivity (Wildman–Crippen MR) is 103 cm³/mol. The number of carbonyl (C=O) groups excluding carboxylic acids is 2. The molecule has 0 aliphatic rings. The number of carbonyl (C=O) groups is 2. The van der Waals surface area contributed by atoms with Crippen LogP contribution in [0.5, 0.6) is 0 Å². The van der Waals surface area contributed by atoms with Gasteiger partial charge in [0.2, 0.25) is 0 Å². The molecule has 2 amide bonds. The van der Waals surface area contributed by atoms with E-state index in [2.05, 4.69) is 5.43 Å². The van der Waals surface area contributed by atoms with Crippen LogP contribution in [0.1, 0.15) is 10.4 Å². The average molecular weight is 431 g/mol. The number of alkyl halides is 1. The zero-order valence-corrected chi connectivity index (χ0v) is 15.9. The van der Waals surface area contributed by atoms with Gasteiger partial charge in [-0.15, -0.1) is 36.4 Å². The van der Waals surface area contributed by atoms with E-state index in [4.69, 9.17) is 34.8 Å². The van der Waals surface area contributed by atoms with Gasteiger partial charge in [0.1, 0.15) is 5.88 Å². The van der Waals surface area contributed by atoms with Crippen molar-refractivity contribution in [3.63, 3.8) is 0 Å². The van der Waals surface area contributed by atoms with E-state index in [1.807, 2.05) is 0 Å². The van der Waals surface area contributed by atoms with Gasteiger partial charge in [-0.1, -0.05) is 41.4 Å². The lowest BCUT2D eigenvalue weighted by molar-refractivity contribution is -0.116. The Bertz CT molecular complexity index is 677. The monoisotopic (exact) mass is 428 g/mol. The molecule has 2 aromatic rings. The molecule has 0 aliphatic heterocycles. The molecule has 4 nitrogen and oxygen atoms in total. The maximum Gasteiger partial charge on any atom is 0.270 e. The standard InChI is InChI=1S/C15H11Cl3N2O2.2ClH/c16-9-14(21)20(13-4-2-1-3-5-13)19-15(22)10-6-11(17)8-12(18)7-10;;/h1-8H,9H2,(H,19,22);2*1H. The fraction of sp³-hybridized carbons (Fsp3) is 0.0667. The summed E-state index contributed by atoms with van der Waals surface area (Å²) in [6.45, 7) is 0. The molecule has 0 radical (unpaired) electrons. The molecule has 9 heteroatoms. The van der Waals surface area contributed by atoms with Gasteiger partial charge in [-0.3, -0.25) is 15.0 Å². The highest BCUT2D eigenvalue weighted by Crippen LogP contribution is 2.19. The quantitative estimate of drug-likeness (QED) is 0.564. The van der Waals surface area contributed by atoms with Crippen LogP contribution >= 0.6 is 59.6 Å². The SMILES string of the molecule is Cl.Cl.O=C(NN(C(=O)CCl)c1ccccc1)c1cc(Cl)cc(Cl)c1. The van der Waals surface area contributed by atoms with Crippen molar-refractivity contribution in [1.82, 2.24) is 5.43 Å². The van der Waals surface area contributed by atoms with Crippen LogP contribution in [0.3, 0.4) is 0 Å². The van der Waals surface area contributed by atoms with E-state index in [-0.39, 0.29) is 36.3 Å². The molecule has 0 spiro atoms. The van der Waals surface area contributed by atoms with Crippen molar-refractivity contribution in [3.8, 4) is 0 Å². The van der Waals surface area contributed by atoms with Crippen molar-refractivity contribution in [2.24, 2.45) is 0 Å². The second-order valence-corrected chi connectivity index (χ2v) is 5.44. The summed E-state index contributed by atoms with van der Waals surface area (Å²) in [5, 5.41) is 1.74. The summed E-state index contributed by atoms with van der Waals surface area (Å²) >= 11 is 17.3. The fourth-order valence-corrected chi connectivity index (χ4v) is 2.40. The van der Waals surface area contributed by atoms with Crippen molar-refractivity contribution in [3.05, 3.63) is 64.1 Å². The molecule has 2 aromatic carbocycles. The molecule has 130 valence electrons. The summed E-state index contributed by atoms with van der Waals surface area (Å²) in [6.07, 6.45) is 0. The van der Waals surface area contributed by atoms with Gasteiger partial charge in [-0.2, -0.15) is 0 Å². The van der Waals surface area contributed by atoms with Crippen molar-refractivity contribution in [2.45, 2.75) is 0 Å². The highest BCUT2D eigenvalue weighted by atomic mass is 35.5. The van der Waals surface area contributed by atoms with Gasteiger partial charge < -0.3 is 0 Å². The molecule has 0 atom stereocenters. The van der Waals surface area contributed by atoms with E-state index >= 15 is 0 Å². The van der Waals surface area contributed by atoms with Crippen LogP contribution in [0, 0.1) is 0 Å². The first kappa shape index (κ1) is 22.8. The van der Waals surface area contributed by atoms with Gasteiger partial charge in [0, 0.05) is 15.6 Å². The van der Waals surface area contributed by atoms with Gasteiger partial charge in [0.15, 0.2) is 0 Å². The minimum Gasteiger partial charge on any atom is -0.271 e. The fourth-order valence-electron chi connectivity index (χ4n) is 1.76. The lowest BCUT2D eigenvalue weighted by Crippen LogP contribution is -2.47. The number of hydrogen-bond donors (Lipinski definition) is 1. The Kier molecular flexibility index (Phi) is 10.1.